The van der Waals surface area contributed by atoms with Crippen LogP contribution in [-0.4, -0.2) is 76.4 Å². The molecule has 3 N–H and O–H groups in total. The number of fused-ring (bicyclic) bond motifs is 2. The summed E-state index contributed by atoms with van der Waals surface area (Å²) in [6.45, 7) is 4.35. The zero-order valence-electron chi connectivity index (χ0n) is 14.3. The molecule has 0 unspecified atom stereocenters. The first-order valence-electron chi connectivity index (χ1n) is 8.33. The van der Waals surface area contributed by atoms with E-state index in [0.717, 1.165) is 0 Å². The molecule has 3 fully saturated rings. The van der Waals surface area contributed by atoms with Gasteiger partial charge >= 0.3 is 5.97 Å². The first-order chi connectivity index (χ1) is 11.6. The molecule has 2 aliphatic carbocycles. The van der Waals surface area contributed by atoms with Crippen LogP contribution in [0.15, 0.2) is 11.6 Å². The van der Waals surface area contributed by atoms with E-state index in [4.69, 9.17) is 14.2 Å². The molecular weight excluding hydrogens is 332 g/mol. The Bertz CT molecular complexity index is 682. The maximum Gasteiger partial charge on any atom is 0.302 e. The third kappa shape index (κ3) is 1.69. The maximum atomic E-state index is 12.6. The number of carbonyl (C=O) groups is 2. The molecule has 0 aromatic rings. The van der Waals surface area contributed by atoms with E-state index in [1.54, 1.807) is 19.9 Å². The van der Waals surface area contributed by atoms with E-state index < -0.39 is 58.7 Å². The van der Waals surface area contributed by atoms with E-state index >= 15 is 0 Å². The van der Waals surface area contributed by atoms with Crippen LogP contribution in [0.1, 0.15) is 20.8 Å². The third-order valence-electron chi connectivity index (χ3n) is 6.83. The zero-order valence-corrected chi connectivity index (χ0v) is 14.3. The fourth-order valence-electron chi connectivity index (χ4n) is 5.22. The number of ketones is 1. The van der Waals surface area contributed by atoms with Crippen molar-refractivity contribution in [2.45, 2.75) is 56.9 Å². The molecule has 1 saturated carbocycles. The summed E-state index contributed by atoms with van der Waals surface area (Å²) in [6, 6.07) is 0. The van der Waals surface area contributed by atoms with Crippen LogP contribution >= 0.6 is 0 Å². The van der Waals surface area contributed by atoms with E-state index in [2.05, 4.69) is 0 Å². The summed E-state index contributed by atoms with van der Waals surface area (Å²) in [5.74, 6) is -1.10. The van der Waals surface area contributed by atoms with Gasteiger partial charge in [0.1, 0.15) is 30.5 Å². The lowest BCUT2D eigenvalue weighted by Crippen LogP contribution is -2.72. The van der Waals surface area contributed by atoms with Gasteiger partial charge in [0, 0.05) is 12.3 Å². The molecule has 2 aliphatic heterocycles. The summed E-state index contributed by atoms with van der Waals surface area (Å²) in [6.07, 6.45) is -4.13. The van der Waals surface area contributed by atoms with E-state index in [9.17, 15) is 24.9 Å². The Hall–Kier alpha value is -1.32. The Morgan fingerprint density at radius 1 is 1.40 bits per heavy atom. The standard InChI is InChI=1S/C17H22O8/c1-7-4-9-16(5-23-8(2)18,13(22)10(7)19)15(3)12(21)11(20)14(25-9)17(15)6-24-17/h4,9,11-14,20-22H,5-6H2,1-3H3/t9-,11-,12-,13-,14-,15-,16-,17+/m1/s1. The number of aliphatic hydroxyl groups is 3. The Morgan fingerprint density at radius 2 is 2.04 bits per heavy atom. The van der Waals surface area contributed by atoms with Crippen molar-refractivity contribution < 1.29 is 39.1 Å². The minimum absolute atomic E-state index is 0.223. The van der Waals surface area contributed by atoms with Crippen molar-refractivity contribution in [3.05, 3.63) is 11.6 Å². The quantitative estimate of drug-likeness (QED) is 0.413. The summed E-state index contributed by atoms with van der Waals surface area (Å²) >= 11 is 0. The average Bonchev–Trinajstić information content (AvgIpc) is 3.34. The average molecular weight is 354 g/mol. The molecule has 0 aromatic heterocycles. The molecule has 0 aromatic carbocycles. The summed E-state index contributed by atoms with van der Waals surface area (Å²) < 4.78 is 16.9. The van der Waals surface area contributed by atoms with Crippen molar-refractivity contribution in [3.8, 4) is 0 Å². The number of hydrogen-bond donors (Lipinski definition) is 3. The number of epoxide rings is 1. The van der Waals surface area contributed by atoms with Crippen LogP contribution in [0.5, 0.6) is 0 Å². The van der Waals surface area contributed by atoms with E-state index in [1.165, 1.54) is 6.92 Å². The predicted octanol–water partition coefficient (Wildman–Crippen LogP) is -1.30. The van der Waals surface area contributed by atoms with Gasteiger partial charge in [-0.1, -0.05) is 6.92 Å². The lowest BCUT2D eigenvalue weighted by Gasteiger charge is -2.58. The molecule has 2 bridgehead atoms. The van der Waals surface area contributed by atoms with Crippen molar-refractivity contribution in [1.29, 1.82) is 0 Å². The van der Waals surface area contributed by atoms with Gasteiger partial charge in [0.2, 0.25) is 0 Å². The molecular formula is C17H22O8. The number of aliphatic hydroxyl groups excluding tert-OH is 3. The molecule has 8 heteroatoms. The molecule has 0 amide bonds. The third-order valence-corrected chi connectivity index (χ3v) is 6.83. The second-order valence-corrected chi connectivity index (χ2v) is 7.73. The topological polar surface area (TPSA) is 126 Å². The Balaban J connectivity index is 1.94. The molecule has 0 radical (unpaired) electrons. The molecule has 25 heavy (non-hydrogen) atoms. The smallest absolute Gasteiger partial charge is 0.302 e. The van der Waals surface area contributed by atoms with E-state index in [-0.39, 0.29) is 13.2 Å². The van der Waals surface area contributed by atoms with Gasteiger partial charge in [-0.05, 0) is 18.6 Å². The summed E-state index contributed by atoms with van der Waals surface area (Å²) in [4.78, 5) is 24.0. The minimum atomic E-state index is -1.56. The van der Waals surface area contributed by atoms with Gasteiger partial charge in [-0.2, -0.15) is 0 Å². The van der Waals surface area contributed by atoms with Crippen LogP contribution in [0.2, 0.25) is 0 Å². The van der Waals surface area contributed by atoms with Crippen LogP contribution in [0, 0.1) is 10.8 Å². The monoisotopic (exact) mass is 354 g/mol. The molecule has 8 nitrogen and oxygen atoms in total. The van der Waals surface area contributed by atoms with Crippen molar-refractivity contribution >= 4 is 11.8 Å². The molecule has 4 aliphatic rings. The highest BCUT2D eigenvalue weighted by Gasteiger charge is 2.86. The Morgan fingerprint density at radius 3 is 2.60 bits per heavy atom. The SMILES string of the molecule is CC(=O)OC[C@]12[C@H](O)C(=O)C(C)=C[C@H]1O[C@@H]1[C@H](O)[C@@H](O)[C@@]2(C)[C@]12CO2. The van der Waals surface area contributed by atoms with E-state index in [0.29, 0.717) is 5.57 Å². The lowest BCUT2D eigenvalue weighted by atomic mass is 9.50. The van der Waals surface area contributed by atoms with Crippen molar-refractivity contribution in [2.75, 3.05) is 13.2 Å². The predicted molar refractivity (Wildman–Crippen MR) is 81.3 cm³/mol. The van der Waals surface area contributed by atoms with Crippen molar-refractivity contribution in [3.63, 3.8) is 0 Å². The number of ether oxygens (including phenoxy) is 3. The van der Waals surface area contributed by atoms with Gasteiger partial charge in [0.25, 0.3) is 0 Å². The fraction of sp³-hybridized carbons (Fsp3) is 0.765. The maximum absolute atomic E-state index is 12.6. The normalized spacial score (nSPS) is 53.4. The molecule has 4 rings (SSSR count). The highest BCUT2D eigenvalue weighted by Crippen LogP contribution is 2.71. The van der Waals surface area contributed by atoms with Gasteiger partial charge < -0.3 is 29.5 Å². The van der Waals surface area contributed by atoms with Gasteiger partial charge in [-0.3, -0.25) is 9.59 Å². The van der Waals surface area contributed by atoms with Gasteiger partial charge in [-0.15, -0.1) is 0 Å². The zero-order chi connectivity index (χ0) is 18.4. The molecule has 138 valence electrons. The number of rotatable bonds is 2. The second-order valence-electron chi connectivity index (χ2n) is 7.73. The van der Waals surface area contributed by atoms with Crippen LogP contribution in [0.4, 0.5) is 0 Å². The largest absolute Gasteiger partial charge is 0.465 e. The minimum Gasteiger partial charge on any atom is -0.465 e. The number of Topliss-reactive ketones (excluding diaryl/α,β-unsaturated/α-hetero) is 1. The molecule has 2 saturated heterocycles. The fourth-order valence-corrected chi connectivity index (χ4v) is 5.22. The lowest BCUT2D eigenvalue weighted by molar-refractivity contribution is -0.256. The van der Waals surface area contributed by atoms with Crippen molar-refractivity contribution in [1.82, 2.24) is 0 Å². The molecule has 8 atom stereocenters. The van der Waals surface area contributed by atoms with Crippen LogP contribution in [0.25, 0.3) is 0 Å². The highest BCUT2D eigenvalue weighted by atomic mass is 16.6. The number of carbonyl (C=O) groups excluding carboxylic acids is 2. The van der Waals surface area contributed by atoms with Crippen LogP contribution < -0.4 is 0 Å². The second kappa shape index (κ2) is 4.89. The summed E-state index contributed by atoms with van der Waals surface area (Å²) in [5.41, 5.74) is -3.40. The number of esters is 1. The summed E-state index contributed by atoms with van der Waals surface area (Å²) in [7, 11) is 0. The highest BCUT2D eigenvalue weighted by molar-refractivity contribution is 6.00. The van der Waals surface area contributed by atoms with Crippen molar-refractivity contribution in [2.24, 2.45) is 10.8 Å². The van der Waals surface area contributed by atoms with Gasteiger partial charge in [0.05, 0.1) is 24.2 Å². The van der Waals surface area contributed by atoms with Gasteiger partial charge in [-0.25, -0.2) is 0 Å². The number of hydrogen-bond acceptors (Lipinski definition) is 8. The van der Waals surface area contributed by atoms with Crippen LogP contribution in [-0.2, 0) is 23.8 Å². The molecule has 2 heterocycles. The summed E-state index contributed by atoms with van der Waals surface area (Å²) in [5, 5.41) is 32.3. The van der Waals surface area contributed by atoms with E-state index in [1.807, 2.05) is 0 Å². The van der Waals surface area contributed by atoms with Gasteiger partial charge in [0.15, 0.2) is 5.78 Å². The first-order valence-corrected chi connectivity index (χ1v) is 8.33. The Kier molecular flexibility index (Phi) is 3.35. The molecule has 1 spiro atoms. The first kappa shape index (κ1) is 17.1. The Labute approximate surface area is 144 Å². The van der Waals surface area contributed by atoms with Crippen LogP contribution in [0.3, 0.4) is 0 Å².